The largest absolute Gasteiger partial charge is 0.371 e. The molecule has 106 valence electrons. The third kappa shape index (κ3) is 4.54. The Balaban J connectivity index is 2.09. The zero-order valence-electron chi connectivity index (χ0n) is 12.9. The minimum Gasteiger partial charge on any atom is -0.371 e. The van der Waals surface area contributed by atoms with Gasteiger partial charge in [0, 0.05) is 30.9 Å². The Morgan fingerprint density at radius 2 is 1.89 bits per heavy atom. The van der Waals surface area contributed by atoms with Crippen LogP contribution in [0.4, 0.5) is 5.69 Å². The van der Waals surface area contributed by atoms with E-state index in [1.54, 1.807) is 0 Å². The number of hydrogen-bond donors (Lipinski definition) is 1. The van der Waals surface area contributed by atoms with Crippen molar-refractivity contribution in [3.8, 4) is 0 Å². The number of nitrogens with one attached hydrogen (secondary N) is 1. The lowest BCUT2D eigenvalue weighted by Gasteiger charge is -2.27. The predicted molar refractivity (Wildman–Crippen MR) is 83.6 cm³/mol. The summed E-state index contributed by atoms with van der Waals surface area (Å²) in [6.07, 6.45) is 2.83. The maximum atomic E-state index is 3.60. The van der Waals surface area contributed by atoms with Crippen molar-refractivity contribution in [2.24, 2.45) is 5.92 Å². The molecule has 1 fully saturated rings. The molecule has 0 heterocycles. The summed E-state index contributed by atoms with van der Waals surface area (Å²) in [6.45, 7) is 12.2. The molecule has 0 radical (unpaired) electrons. The minimum absolute atomic E-state index is 0.167. The third-order valence-electron chi connectivity index (χ3n) is 3.70. The smallest absolute Gasteiger partial charge is 0.0411 e. The summed E-state index contributed by atoms with van der Waals surface area (Å²) in [7, 11) is 0. The van der Waals surface area contributed by atoms with Gasteiger partial charge in [-0.3, -0.25) is 0 Å². The van der Waals surface area contributed by atoms with Crippen molar-refractivity contribution in [2.45, 2.75) is 52.6 Å². The van der Waals surface area contributed by atoms with Gasteiger partial charge < -0.3 is 10.2 Å². The summed E-state index contributed by atoms with van der Waals surface area (Å²) < 4.78 is 0. The van der Waals surface area contributed by atoms with Crippen LogP contribution in [0.15, 0.2) is 24.3 Å². The monoisotopic (exact) mass is 260 g/mol. The van der Waals surface area contributed by atoms with Crippen LogP contribution in [0.3, 0.4) is 0 Å². The van der Waals surface area contributed by atoms with Gasteiger partial charge in [0.2, 0.25) is 0 Å². The molecule has 0 bridgehead atoms. The van der Waals surface area contributed by atoms with Gasteiger partial charge in [-0.15, -0.1) is 0 Å². The Hall–Kier alpha value is -1.02. The molecule has 1 aromatic rings. The first-order valence-corrected chi connectivity index (χ1v) is 7.57. The van der Waals surface area contributed by atoms with E-state index >= 15 is 0 Å². The molecule has 0 unspecified atom stereocenters. The van der Waals surface area contributed by atoms with Crippen molar-refractivity contribution in [1.29, 1.82) is 0 Å². The molecular formula is C17H28N2. The second kappa shape index (κ2) is 5.96. The lowest BCUT2D eigenvalue weighted by Crippen LogP contribution is -2.36. The summed E-state index contributed by atoms with van der Waals surface area (Å²) >= 11 is 0. The number of benzene rings is 1. The van der Waals surface area contributed by atoms with Crippen molar-refractivity contribution in [2.75, 3.05) is 18.0 Å². The Morgan fingerprint density at radius 1 is 1.21 bits per heavy atom. The summed E-state index contributed by atoms with van der Waals surface area (Å²) in [4.78, 5) is 2.54. The molecule has 0 saturated heterocycles. The molecule has 1 aromatic carbocycles. The van der Waals surface area contributed by atoms with Crippen LogP contribution in [0.5, 0.6) is 0 Å². The molecule has 19 heavy (non-hydrogen) atoms. The average molecular weight is 260 g/mol. The first-order valence-electron chi connectivity index (χ1n) is 7.57. The highest BCUT2D eigenvalue weighted by molar-refractivity contribution is 5.53. The zero-order valence-corrected chi connectivity index (χ0v) is 12.9. The standard InChI is InChI=1S/C17H28N2/c1-5-19(13-14-10-11-14)16-9-7-6-8-15(16)12-18-17(2,3)4/h6-9,14,18H,5,10-13H2,1-4H3. The summed E-state index contributed by atoms with van der Waals surface area (Å²) in [5, 5.41) is 3.60. The summed E-state index contributed by atoms with van der Waals surface area (Å²) in [5.41, 5.74) is 2.99. The van der Waals surface area contributed by atoms with Gasteiger partial charge in [-0.25, -0.2) is 0 Å². The maximum Gasteiger partial charge on any atom is 0.0411 e. The fourth-order valence-corrected chi connectivity index (χ4v) is 2.34. The van der Waals surface area contributed by atoms with Gasteiger partial charge in [0.05, 0.1) is 0 Å². The van der Waals surface area contributed by atoms with Crippen molar-refractivity contribution in [1.82, 2.24) is 5.32 Å². The van der Waals surface area contributed by atoms with E-state index in [2.05, 4.69) is 62.2 Å². The van der Waals surface area contributed by atoms with Gasteiger partial charge in [0.25, 0.3) is 0 Å². The Morgan fingerprint density at radius 3 is 2.47 bits per heavy atom. The molecule has 0 aromatic heterocycles. The molecule has 1 saturated carbocycles. The highest BCUT2D eigenvalue weighted by Gasteiger charge is 2.24. The fraction of sp³-hybridized carbons (Fsp3) is 0.647. The third-order valence-corrected chi connectivity index (χ3v) is 3.70. The van der Waals surface area contributed by atoms with Crippen molar-refractivity contribution < 1.29 is 0 Å². The molecule has 0 aliphatic heterocycles. The number of rotatable bonds is 6. The van der Waals surface area contributed by atoms with E-state index in [1.807, 2.05) is 0 Å². The molecule has 2 nitrogen and oxygen atoms in total. The second-order valence-electron chi connectivity index (χ2n) is 6.71. The molecule has 0 atom stereocenters. The highest BCUT2D eigenvalue weighted by Crippen LogP contribution is 2.32. The van der Waals surface area contributed by atoms with Crippen LogP contribution in [0.1, 0.15) is 46.1 Å². The second-order valence-corrected chi connectivity index (χ2v) is 6.71. The zero-order chi connectivity index (χ0) is 13.9. The quantitative estimate of drug-likeness (QED) is 0.836. The fourth-order valence-electron chi connectivity index (χ4n) is 2.34. The molecule has 0 spiro atoms. The van der Waals surface area contributed by atoms with Crippen LogP contribution in [-0.2, 0) is 6.54 Å². The van der Waals surface area contributed by atoms with E-state index in [1.165, 1.54) is 30.6 Å². The van der Waals surface area contributed by atoms with Crippen molar-refractivity contribution >= 4 is 5.69 Å². The van der Waals surface area contributed by atoms with E-state index in [0.717, 1.165) is 19.0 Å². The molecule has 2 rings (SSSR count). The number of hydrogen-bond acceptors (Lipinski definition) is 2. The van der Waals surface area contributed by atoms with Crippen LogP contribution >= 0.6 is 0 Å². The predicted octanol–water partition coefficient (Wildman–Crippen LogP) is 3.81. The first-order chi connectivity index (χ1) is 8.99. The number of para-hydroxylation sites is 1. The number of anilines is 1. The van der Waals surface area contributed by atoms with Crippen LogP contribution in [0, 0.1) is 5.92 Å². The van der Waals surface area contributed by atoms with Gasteiger partial charge in [0.1, 0.15) is 0 Å². The van der Waals surface area contributed by atoms with Crippen LogP contribution in [0.25, 0.3) is 0 Å². The van der Waals surface area contributed by atoms with Gasteiger partial charge in [0.15, 0.2) is 0 Å². The lowest BCUT2D eigenvalue weighted by atomic mass is 10.1. The summed E-state index contributed by atoms with van der Waals surface area (Å²) in [6, 6.07) is 8.83. The molecule has 1 aliphatic rings. The topological polar surface area (TPSA) is 15.3 Å². The molecule has 1 N–H and O–H groups in total. The van der Waals surface area contributed by atoms with Gasteiger partial charge in [-0.1, -0.05) is 18.2 Å². The SMILES string of the molecule is CCN(CC1CC1)c1ccccc1CNC(C)(C)C. The normalized spacial score (nSPS) is 15.6. The first kappa shape index (κ1) is 14.4. The van der Waals surface area contributed by atoms with Crippen LogP contribution < -0.4 is 10.2 Å². The average Bonchev–Trinajstić information content (AvgIpc) is 3.17. The van der Waals surface area contributed by atoms with Crippen LogP contribution in [0.2, 0.25) is 0 Å². The van der Waals surface area contributed by atoms with E-state index in [9.17, 15) is 0 Å². The van der Waals surface area contributed by atoms with Crippen molar-refractivity contribution in [3.05, 3.63) is 29.8 Å². The van der Waals surface area contributed by atoms with Crippen LogP contribution in [-0.4, -0.2) is 18.6 Å². The van der Waals surface area contributed by atoms with E-state index in [-0.39, 0.29) is 5.54 Å². The maximum absolute atomic E-state index is 3.60. The van der Waals surface area contributed by atoms with E-state index in [4.69, 9.17) is 0 Å². The number of nitrogens with zero attached hydrogens (tertiary/aromatic N) is 1. The van der Waals surface area contributed by atoms with E-state index < -0.39 is 0 Å². The molecular weight excluding hydrogens is 232 g/mol. The Labute approximate surface area is 118 Å². The Bertz CT molecular complexity index is 402. The van der Waals surface area contributed by atoms with E-state index in [0.29, 0.717) is 0 Å². The summed E-state index contributed by atoms with van der Waals surface area (Å²) in [5.74, 6) is 0.934. The van der Waals surface area contributed by atoms with Gasteiger partial charge >= 0.3 is 0 Å². The van der Waals surface area contributed by atoms with Crippen molar-refractivity contribution in [3.63, 3.8) is 0 Å². The molecule has 2 heteroatoms. The molecule has 0 amide bonds. The lowest BCUT2D eigenvalue weighted by molar-refractivity contribution is 0.424. The van der Waals surface area contributed by atoms with Gasteiger partial charge in [-0.2, -0.15) is 0 Å². The minimum atomic E-state index is 0.167. The highest BCUT2D eigenvalue weighted by atomic mass is 15.1. The molecule has 1 aliphatic carbocycles. The Kier molecular flexibility index (Phi) is 4.51. The van der Waals surface area contributed by atoms with Gasteiger partial charge in [-0.05, 0) is 58.1 Å².